The molecule has 4 aliphatic rings. The summed E-state index contributed by atoms with van der Waals surface area (Å²) in [6.45, 7) is 11.8. The van der Waals surface area contributed by atoms with Crippen LogP contribution in [0.3, 0.4) is 0 Å². The van der Waals surface area contributed by atoms with E-state index in [0.29, 0.717) is 0 Å². The number of nitrogens with one attached hydrogen (secondary N) is 2. The standard InChI is InChI=1S/C58H69N5O21/c1-10-43(69)81-38-26-39-57(29-78-39,84-33(6)65)49-51(83-53(73)35-20-16-13-17-21-35)58(75)27-37(30(3)45(55(58,7)8)47(79-32(5)64)50(71)56(38,49)9)80-54(74)48(82-44(70)11-2)46(34-18-14-12-15-19-34)61-52(72)36(22-23-42(67)68)60-41(66)24-25-62-28-40(63(76)77)59-31(62)4/h12-21,28,36-39,46-49,51,75H,10-11,22-27,29H2,1-9H3,(H,60,66)(H,61,72)(H,67,68)/t36-,37+,38+,39-,46+,47-,48-,49+,51+,56-,57+,58-/m1/s1. The average Bonchev–Trinajstić information content (AvgIpc) is 0.796. The van der Waals surface area contributed by atoms with Gasteiger partial charge >= 0.3 is 47.6 Å². The normalized spacial score (nSPS) is 26.7. The molecular formula is C58H69N5O21. The third-order valence-electron chi connectivity index (χ3n) is 16.5. The van der Waals surface area contributed by atoms with Crippen LogP contribution in [0.15, 0.2) is 78.0 Å². The molecule has 12 atom stereocenters. The number of carbonyl (C=O) groups excluding carboxylic acids is 9. The third kappa shape index (κ3) is 12.4. The Bertz CT molecular complexity index is 3120. The molecule has 2 bridgehead atoms. The Morgan fingerprint density at radius 3 is 2.07 bits per heavy atom. The van der Waals surface area contributed by atoms with Crippen LogP contribution in [-0.2, 0) is 82.9 Å². The van der Waals surface area contributed by atoms with Crippen LogP contribution in [0.2, 0.25) is 0 Å². The number of Topliss-reactive ketones (excluding diaryl/α,β-unsaturated/α-hetero) is 1. The second-order valence-electron chi connectivity index (χ2n) is 22.1. The summed E-state index contributed by atoms with van der Waals surface area (Å²) in [6.07, 6.45) is -12.4. The van der Waals surface area contributed by atoms with Crippen molar-refractivity contribution in [2.24, 2.45) is 16.7 Å². The van der Waals surface area contributed by atoms with E-state index in [4.69, 9.17) is 33.2 Å². The smallest absolute Gasteiger partial charge is 0.381 e. The number of imidazole rings is 1. The van der Waals surface area contributed by atoms with Gasteiger partial charge in [-0.15, -0.1) is 0 Å². The monoisotopic (exact) mass is 1170 g/mol. The van der Waals surface area contributed by atoms with Crippen molar-refractivity contribution in [1.29, 1.82) is 0 Å². The first-order valence-corrected chi connectivity index (χ1v) is 27.4. The summed E-state index contributed by atoms with van der Waals surface area (Å²) in [5.74, 6) is -12.1. The molecule has 0 spiro atoms. The first-order chi connectivity index (χ1) is 39.5. The van der Waals surface area contributed by atoms with E-state index >= 15 is 9.59 Å². The van der Waals surface area contributed by atoms with Gasteiger partial charge in [0.05, 0.1) is 23.5 Å². The lowest BCUT2D eigenvalue weighted by Crippen LogP contribution is -2.82. The predicted molar refractivity (Wildman–Crippen MR) is 287 cm³/mol. The molecular weight excluding hydrogens is 1100 g/mol. The Kier molecular flexibility index (Phi) is 19.0. The Balaban J connectivity index is 1.36. The highest BCUT2D eigenvalue weighted by Crippen LogP contribution is 2.65. The average molecular weight is 1170 g/mol. The molecule has 84 heavy (non-hydrogen) atoms. The highest BCUT2D eigenvalue weighted by Gasteiger charge is 2.79. The van der Waals surface area contributed by atoms with Crippen molar-refractivity contribution in [2.45, 2.75) is 174 Å². The molecule has 2 amide bonds. The number of amides is 2. The second-order valence-corrected chi connectivity index (χ2v) is 22.1. The van der Waals surface area contributed by atoms with Crippen molar-refractivity contribution < 1.29 is 96.2 Å². The fourth-order valence-corrected chi connectivity index (χ4v) is 12.2. The SMILES string of the molecule is CCC(=O)O[C@H]1C[C@H]2OC[C@@]2(OC(C)=O)[C@H]2[C@H](OC(=O)c3ccccc3)[C@]3(O)C[C@H](OC(=O)[C@H](OC(=O)CC)[C@@H](NC(=O)[C@@H](CCC(=O)O)NC(=O)CCn4cc([N+](=O)[O-])nc4C)c4ccccc4)C(C)=C([C@@H](OC(C)=O)C(=O)[C@]12C)C3(C)C. The van der Waals surface area contributed by atoms with E-state index in [9.17, 15) is 58.7 Å². The molecule has 452 valence electrons. The number of nitrogens with zero attached hydrogens (tertiary/aromatic N) is 3. The number of ketones is 1. The number of benzene rings is 2. The molecule has 26 heteroatoms. The van der Waals surface area contributed by atoms with Crippen molar-refractivity contribution in [1.82, 2.24) is 20.2 Å². The van der Waals surface area contributed by atoms with E-state index in [2.05, 4.69) is 15.6 Å². The summed E-state index contributed by atoms with van der Waals surface area (Å²) in [5, 5.41) is 40.3. The molecule has 2 saturated carbocycles. The van der Waals surface area contributed by atoms with Crippen LogP contribution in [0.1, 0.15) is 128 Å². The lowest BCUT2D eigenvalue weighted by Gasteiger charge is -2.67. The Labute approximate surface area is 482 Å². The van der Waals surface area contributed by atoms with Crippen LogP contribution in [0.25, 0.3) is 0 Å². The number of esters is 6. The lowest BCUT2D eigenvalue weighted by atomic mass is 9.44. The van der Waals surface area contributed by atoms with Gasteiger partial charge in [-0.25, -0.2) is 9.59 Å². The summed E-state index contributed by atoms with van der Waals surface area (Å²) < 4.78 is 44.4. The minimum absolute atomic E-state index is 0.0167. The minimum Gasteiger partial charge on any atom is -0.481 e. The zero-order valence-electron chi connectivity index (χ0n) is 47.9. The zero-order valence-corrected chi connectivity index (χ0v) is 47.9. The number of hydrogen-bond acceptors (Lipinski definition) is 21. The van der Waals surface area contributed by atoms with Crippen LogP contribution in [0.5, 0.6) is 0 Å². The molecule has 3 fully saturated rings. The van der Waals surface area contributed by atoms with Gasteiger partial charge in [0.15, 0.2) is 17.5 Å². The number of carbonyl (C=O) groups is 10. The number of hydrogen-bond donors (Lipinski definition) is 4. The van der Waals surface area contributed by atoms with E-state index in [1.165, 1.54) is 89.4 Å². The van der Waals surface area contributed by atoms with Crippen molar-refractivity contribution >= 4 is 65.2 Å². The van der Waals surface area contributed by atoms with Crippen LogP contribution in [0.4, 0.5) is 5.82 Å². The van der Waals surface area contributed by atoms with E-state index in [0.717, 1.165) is 20.0 Å². The molecule has 26 nitrogen and oxygen atoms in total. The molecule has 1 aliphatic heterocycles. The van der Waals surface area contributed by atoms with Gasteiger partial charge in [-0.05, 0) is 59.0 Å². The largest absolute Gasteiger partial charge is 0.481 e. The highest BCUT2D eigenvalue weighted by atomic mass is 16.6. The van der Waals surface area contributed by atoms with Crippen LogP contribution >= 0.6 is 0 Å². The van der Waals surface area contributed by atoms with Gasteiger partial charge in [-0.1, -0.05) is 76.2 Å². The fraction of sp³-hybridized carbons (Fsp3) is 0.534. The van der Waals surface area contributed by atoms with Crippen molar-refractivity contribution in [3.8, 4) is 0 Å². The summed E-state index contributed by atoms with van der Waals surface area (Å²) in [7, 11) is 0. The number of fused-ring (bicyclic) bond motifs is 5. The maximum absolute atomic E-state index is 16.2. The molecule has 1 saturated heterocycles. The van der Waals surface area contributed by atoms with E-state index in [-0.39, 0.29) is 60.3 Å². The summed E-state index contributed by atoms with van der Waals surface area (Å²) >= 11 is 0. The second kappa shape index (κ2) is 25.2. The summed E-state index contributed by atoms with van der Waals surface area (Å²) in [6, 6.07) is 11.8. The first kappa shape index (κ1) is 63.2. The maximum atomic E-state index is 16.2. The molecule has 1 aromatic heterocycles. The number of ether oxygens (including phenoxy) is 7. The molecule has 7 rings (SSSR count). The van der Waals surface area contributed by atoms with Gasteiger partial charge in [0.1, 0.15) is 48.3 Å². The van der Waals surface area contributed by atoms with Crippen molar-refractivity contribution in [3.05, 3.63) is 105 Å². The molecule has 3 aliphatic carbocycles. The molecule has 2 heterocycles. The zero-order chi connectivity index (χ0) is 61.8. The Morgan fingerprint density at radius 2 is 1.51 bits per heavy atom. The van der Waals surface area contributed by atoms with Gasteiger partial charge in [-0.2, -0.15) is 0 Å². The molecule has 4 N–H and O–H groups in total. The number of carboxylic acids is 1. The number of carboxylic acid groups (broad SMARTS) is 1. The van der Waals surface area contributed by atoms with E-state index in [1.807, 2.05) is 0 Å². The third-order valence-corrected chi connectivity index (χ3v) is 16.5. The minimum atomic E-state index is -2.60. The number of rotatable bonds is 22. The van der Waals surface area contributed by atoms with Gasteiger partial charge in [-0.3, -0.25) is 38.4 Å². The molecule has 0 unspecified atom stereocenters. The Morgan fingerprint density at radius 1 is 0.869 bits per heavy atom. The van der Waals surface area contributed by atoms with Crippen LogP contribution < -0.4 is 10.6 Å². The Hall–Kier alpha value is -8.39. The predicted octanol–water partition coefficient (Wildman–Crippen LogP) is 4.20. The molecule has 3 aromatic rings. The van der Waals surface area contributed by atoms with Crippen molar-refractivity contribution in [3.63, 3.8) is 0 Å². The lowest BCUT2D eigenvalue weighted by molar-refractivity contribution is -0.389. The maximum Gasteiger partial charge on any atom is 0.381 e. The number of aliphatic hydroxyl groups is 1. The van der Waals surface area contributed by atoms with Crippen LogP contribution in [-0.4, -0.2) is 145 Å². The number of aryl methyl sites for hydroxylation is 2. The van der Waals surface area contributed by atoms with Gasteiger partial charge in [0.25, 0.3) is 0 Å². The topological polar surface area (TPSA) is 361 Å². The highest BCUT2D eigenvalue weighted by molar-refractivity contribution is 5.96. The van der Waals surface area contributed by atoms with Gasteiger partial charge < -0.3 is 68.7 Å². The summed E-state index contributed by atoms with van der Waals surface area (Å²) in [4.78, 5) is 154. The summed E-state index contributed by atoms with van der Waals surface area (Å²) in [5.41, 5.74) is -8.59. The van der Waals surface area contributed by atoms with Gasteiger partial charge in [0.2, 0.25) is 23.7 Å². The van der Waals surface area contributed by atoms with E-state index < -0.39 is 173 Å². The number of aliphatic carboxylic acids is 1. The number of nitro groups is 1. The molecule has 2 aromatic carbocycles. The van der Waals surface area contributed by atoms with E-state index in [1.54, 1.807) is 24.3 Å². The number of aromatic nitrogens is 2. The quantitative estimate of drug-likeness (QED) is 0.0360. The van der Waals surface area contributed by atoms with Gasteiger partial charge in [0, 0.05) is 71.3 Å². The molecule has 0 radical (unpaired) electrons. The van der Waals surface area contributed by atoms with Crippen LogP contribution in [0, 0.1) is 33.8 Å². The van der Waals surface area contributed by atoms with Crippen molar-refractivity contribution in [2.75, 3.05) is 6.61 Å². The first-order valence-electron chi connectivity index (χ1n) is 27.4. The fourth-order valence-electron chi connectivity index (χ4n) is 12.2.